The molecule has 0 bridgehead atoms. The Balaban J connectivity index is 0.000000397. The third-order valence-corrected chi connectivity index (χ3v) is 7.05. The van der Waals surface area contributed by atoms with Crippen molar-refractivity contribution in [3.05, 3.63) is 77.2 Å². The van der Waals surface area contributed by atoms with Crippen LogP contribution in [0.1, 0.15) is 89.8 Å². The first-order chi connectivity index (χ1) is 18.3. The van der Waals surface area contributed by atoms with Crippen LogP contribution >= 0.6 is 0 Å². The quantitative estimate of drug-likeness (QED) is 0.129. The van der Waals surface area contributed by atoms with E-state index in [1.807, 2.05) is 20.0 Å². The molecule has 0 spiro atoms. The minimum atomic E-state index is -2.85. The topological polar surface area (TPSA) is 50.2 Å². The molecular formula is C34H44F2IrNO2-. The Bertz CT molecular complexity index is 1260. The fourth-order valence-electron chi connectivity index (χ4n) is 4.76. The number of hydrogen-bond acceptors (Lipinski definition) is 3. The summed E-state index contributed by atoms with van der Waals surface area (Å²) in [6.07, 6.45) is 4.38. The molecule has 3 nitrogen and oxygen atoms in total. The van der Waals surface area contributed by atoms with Crippen LogP contribution in [0.3, 0.4) is 0 Å². The molecule has 221 valence electrons. The van der Waals surface area contributed by atoms with Crippen LogP contribution in [0, 0.1) is 31.7 Å². The predicted molar refractivity (Wildman–Crippen MR) is 158 cm³/mol. The van der Waals surface area contributed by atoms with Gasteiger partial charge in [0.1, 0.15) is 0 Å². The summed E-state index contributed by atoms with van der Waals surface area (Å²) in [4.78, 5) is 16.4. The standard InChI is InChI=1S/C20H20N.C14H24F2O2.Ir/c1-13(2)16-5-6-19-17(12-16)7-8-21-20(19)18-10-14(3)9-15(4)11-18;1-5-10(6-2)12(17)8-13(18)11(7-3)9-14(4,15)16;/h5-10,12-13H,1-4H3;8,10-11,17H,5-7,9H2,1-4H3;/q-1;;/b;12-8-;. The third kappa shape index (κ3) is 10.5. The van der Waals surface area contributed by atoms with E-state index in [0.29, 0.717) is 12.3 Å². The second-order valence-corrected chi connectivity index (χ2v) is 10.9. The number of halogens is 2. The first-order valence-electron chi connectivity index (χ1n) is 14.0. The van der Waals surface area contributed by atoms with Gasteiger partial charge < -0.3 is 10.1 Å². The average molecular weight is 729 g/mol. The molecular weight excluding hydrogens is 685 g/mol. The zero-order valence-corrected chi connectivity index (χ0v) is 27.5. The summed E-state index contributed by atoms with van der Waals surface area (Å²) in [6.45, 7) is 15.0. The molecule has 40 heavy (non-hydrogen) atoms. The van der Waals surface area contributed by atoms with Gasteiger partial charge in [-0.1, -0.05) is 66.7 Å². The van der Waals surface area contributed by atoms with E-state index < -0.39 is 24.0 Å². The van der Waals surface area contributed by atoms with Crippen molar-refractivity contribution >= 4 is 16.6 Å². The molecule has 3 aromatic rings. The van der Waals surface area contributed by atoms with Crippen molar-refractivity contribution in [1.82, 2.24) is 4.98 Å². The van der Waals surface area contributed by atoms with Gasteiger partial charge in [0, 0.05) is 50.6 Å². The Morgan fingerprint density at radius 3 is 2.17 bits per heavy atom. The third-order valence-electron chi connectivity index (χ3n) is 7.05. The van der Waals surface area contributed by atoms with Gasteiger partial charge >= 0.3 is 0 Å². The maximum absolute atomic E-state index is 12.9. The van der Waals surface area contributed by atoms with Crippen LogP contribution in [0.25, 0.3) is 22.0 Å². The Kier molecular flexibility index (Phi) is 14.3. The van der Waals surface area contributed by atoms with Gasteiger partial charge in [-0.25, -0.2) is 8.78 Å². The monoisotopic (exact) mass is 729 g/mol. The molecule has 1 aromatic heterocycles. The molecule has 3 rings (SSSR count). The van der Waals surface area contributed by atoms with E-state index in [1.165, 1.54) is 21.9 Å². The number of ketones is 1. The minimum absolute atomic E-state index is 0. The van der Waals surface area contributed by atoms with Crippen LogP contribution < -0.4 is 0 Å². The molecule has 0 aliphatic heterocycles. The number of carbonyl (C=O) groups is 1. The number of hydrogen-bond donors (Lipinski definition) is 1. The molecule has 2 aromatic carbocycles. The smallest absolute Gasteiger partial charge is 0.246 e. The Morgan fingerprint density at radius 2 is 1.65 bits per heavy atom. The number of allylic oxidation sites excluding steroid dienone is 2. The van der Waals surface area contributed by atoms with Gasteiger partial charge in [-0.15, -0.1) is 34.9 Å². The van der Waals surface area contributed by atoms with Crippen molar-refractivity contribution in [3.63, 3.8) is 0 Å². The van der Waals surface area contributed by atoms with Gasteiger partial charge in [-0.05, 0) is 60.2 Å². The number of carbonyl (C=O) groups excluding carboxylic acids is 1. The molecule has 0 aliphatic carbocycles. The van der Waals surface area contributed by atoms with Crippen molar-refractivity contribution in [1.29, 1.82) is 0 Å². The summed E-state index contributed by atoms with van der Waals surface area (Å²) in [5.41, 5.74) is 5.87. The number of aliphatic hydroxyl groups excluding tert-OH is 1. The van der Waals surface area contributed by atoms with Crippen LogP contribution in [-0.4, -0.2) is 21.8 Å². The zero-order valence-electron chi connectivity index (χ0n) is 25.1. The molecule has 1 radical (unpaired) electrons. The van der Waals surface area contributed by atoms with Gasteiger partial charge in [-0.2, -0.15) is 0 Å². The van der Waals surface area contributed by atoms with E-state index in [4.69, 9.17) is 0 Å². The molecule has 0 saturated carbocycles. The number of fused-ring (bicyclic) bond motifs is 1. The summed E-state index contributed by atoms with van der Waals surface area (Å²) < 4.78 is 25.8. The number of alkyl halides is 2. The zero-order chi connectivity index (χ0) is 29.3. The van der Waals surface area contributed by atoms with E-state index in [2.05, 4.69) is 75.1 Å². The molecule has 0 saturated heterocycles. The predicted octanol–water partition coefficient (Wildman–Crippen LogP) is 9.94. The Labute approximate surface area is 252 Å². The van der Waals surface area contributed by atoms with E-state index in [-0.39, 0.29) is 31.8 Å². The number of aryl methyl sites for hydroxylation is 2. The number of rotatable bonds is 10. The summed E-state index contributed by atoms with van der Waals surface area (Å²) >= 11 is 0. The van der Waals surface area contributed by atoms with Crippen LogP contribution in [-0.2, 0) is 24.9 Å². The maximum atomic E-state index is 12.9. The second-order valence-electron chi connectivity index (χ2n) is 10.9. The van der Waals surface area contributed by atoms with E-state index in [9.17, 15) is 18.7 Å². The average Bonchev–Trinajstić information content (AvgIpc) is 2.86. The molecule has 6 heteroatoms. The van der Waals surface area contributed by atoms with Crippen molar-refractivity contribution in [3.8, 4) is 11.3 Å². The fraction of sp³-hybridized carbons (Fsp3) is 0.471. The van der Waals surface area contributed by atoms with E-state index >= 15 is 0 Å². The van der Waals surface area contributed by atoms with Gasteiger partial charge in [0.2, 0.25) is 5.92 Å². The van der Waals surface area contributed by atoms with Crippen molar-refractivity contribution in [2.75, 3.05) is 0 Å². The molecule has 1 atom stereocenters. The minimum Gasteiger partial charge on any atom is -0.512 e. The van der Waals surface area contributed by atoms with E-state index in [0.717, 1.165) is 42.7 Å². The van der Waals surface area contributed by atoms with Crippen LogP contribution in [0.4, 0.5) is 8.78 Å². The normalized spacial score (nSPS) is 12.7. The van der Waals surface area contributed by atoms with Crippen molar-refractivity contribution in [2.45, 2.75) is 92.9 Å². The maximum Gasteiger partial charge on any atom is 0.246 e. The molecule has 0 aliphatic rings. The molecule has 1 heterocycles. The second kappa shape index (κ2) is 16.1. The summed E-state index contributed by atoms with van der Waals surface area (Å²) in [5, 5.41) is 12.2. The number of nitrogens with zero attached hydrogens (tertiary/aromatic N) is 1. The van der Waals surface area contributed by atoms with E-state index in [1.54, 1.807) is 6.92 Å². The summed E-state index contributed by atoms with van der Waals surface area (Å²) in [7, 11) is 0. The number of aliphatic hydroxyl groups is 1. The van der Waals surface area contributed by atoms with Gasteiger partial charge in [0.05, 0.1) is 5.76 Å². The number of benzene rings is 2. The van der Waals surface area contributed by atoms with Gasteiger partial charge in [-0.3, -0.25) is 4.79 Å². The first-order valence-corrected chi connectivity index (χ1v) is 14.0. The van der Waals surface area contributed by atoms with Crippen LogP contribution in [0.15, 0.2) is 54.4 Å². The molecule has 0 amide bonds. The Morgan fingerprint density at radius 1 is 1.02 bits per heavy atom. The SMILES string of the molecule is CCC(CC(C)(F)F)C(=O)/C=C(\O)C(CC)CC.Cc1[c-]c(-c2nccc3cc(C(C)C)ccc23)cc(C)c1.[Ir]. The number of aromatic nitrogens is 1. The van der Waals surface area contributed by atoms with Gasteiger partial charge in [0.15, 0.2) is 5.78 Å². The molecule has 1 N–H and O–H groups in total. The van der Waals surface area contributed by atoms with Crippen molar-refractivity contribution < 1.29 is 38.8 Å². The largest absolute Gasteiger partial charge is 0.512 e. The molecule has 1 unspecified atom stereocenters. The van der Waals surface area contributed by atoms with Crippen LogP contribution in [0.2, 0.25) is 0 Å². The Hall–Kier alpha value is -2.43. The first kappa shape index (κ1) is 35.6. The van der Waals surface area contributed by atoms with Gasteiger partial charge in [0.25, 0.3) is 0 Å². The van der Waals surface area contributed by atoms with Crippen molar-refractivity contribution in [2.24, 2.45) is 11.8 Å². The summed E-state index contributed by atoms with van der Waals surface area (Å²) in [5.74, 6) is -3.48. The number of pyridine rings is 1. The summed E-state index contributed by atoms with van der Waals surface area (Å²) in [6, 6.07) is 16.5. The fourth-order valence-corrected chi connectivity index (χ4v) is 4.76. The molecule has 0 fully saturated rings. The van der Waals surface area contributed by atoms with Crippen LogP contribution in [0.5, 0.6) is 0 Å².